The molecule has 0 fully saturated rings. The highest BCUT2D eigenvalue weighted by Crippen LogP contribution is 2.49. The van der Waals surface area contributed by atoms with Crippen molar-refractivity contribution in [3.05, 3.63) is 453 Å². The topological polar surface area (TPSA) is 276 Å². The molecule has 0 N–H and O–H groups in total. The van der Waals surface area contributed by atoms with Crippen molar-refractivity contribution in [1.82, 2.24) is 0 Å². The van der Waals surface area contributed by atoms with Gasteiger partial charge in [-0.3, -0.25) is 0 Å². The Bertz CT molecular complexity index is 6460. The van der Waals surface area contributed by atoms with Crippen LogP contribution in [0.15, 0.2) is 386 Å². The lowest BCUT2D eigenvalue weighted by Gasteiger charge is -2.11. The molecule has 0 spiro atoms. The second kappa shape index (κ2) is 57.6. The third-order valence-electron chi connectivity index (χ3n) is 22.6. The Labute approximate surface area is 862 Å². The van der Waals surface area contributed by atoms with E-state index in [1.54, 1.807) is 292 Å². The van der Waals surface area contributed by atoms with E-state index in [1.807, 2.05) is 48.5 Å². The molecule has 0 atom stereocenters. The van der Waals surface area contributed by atoms with Crippen LogP contribution in [0.3, 0.4) is 0 Å². The van der Waals surface area contributed by atoms with Gasteiger partial charge in [-0.1, -0.05) is 113 Å². The van der Waals surface area contributed by atoms with Crippen LogP contribution >= 0.6 is 0 Å². The van der Waals surface area contributed by atoms with Crippen LogP contribution in [0, 0.1) is 6.92 Å². The van der Waals surface area contributed by atoms with Crippen molar-refractivity contribution in [2.24, 2.45) is 0 Å². The summed E-state index contributed by atoms with van der Waals surface area (Å²) >= 11 is 0. The van der Waals surface area contributed by atoms with Crippen molar-refractivity contribution < 1.29 is 114 Å². The first-order valence-corrected chi connectivity index (χ1v) is 48.2. The number of esters is 7. The van der Waals surface area contributed by atoms with Crippen LogP contribution in [0.25, 0.3) is 22.3 Å². The summed E-state index contributed by atoms with van der Waals surface area (Å²) in [4.78, 5) is 88.4. The van der Waals surface area contributed by atoms with E-state index < -0.39 is 41.8 Å². The fourth-order valence-corrected chi connectivity index (χ4v) is 15.0. The van der Waals surface area contributed by atoms with Gasteiger partial charge in [0.2, 0.25) is 0 Å². The average molecular weight is 1990 g/mol. The highest BCUT2D eigenvalue weighted by Gasteiger charge is 2.31. The van der Waals surface area contributed by atoms with Crippen LogP contribution in [0.5, 0.6) is 86.2 Å². The molecule has 0 unspecified atom stereocenters. The number of hydrogen-bond acceptors (Lipinski definition) is 24. The van der Waals surface area contributed by atoms with Crippen molar-refractivity contribution in [2.45, 2.75) is 71.1 Å². The molecule has 2 aliphatic rings. The van der Waals surface area contributed by atoms with Gasteiger partial charge in [0, 0.05) is 25.0 Å². The van der Waals surface area contributed by atoms with E-state index in [0.29, 0.717) is 204 Å². The maximum atomic E-state index is 12.9. The van der Waals surface area contributed by atoms with Crippen LogP contribution < -0.4 is 71.1 Å². The van der Waals surface area contributed by atoms with Crippen LogP contribution in [0.1, 0.15) is 165 Å². The lowest BCUT2D eigenvalue weighted by Crippen LogP contribution is -2.10. The summed E-state index contributed by atoms with van der Waals surface area (Å²) in [7, 11) is 0. The molecule has 0 amide bonds. The summed E-state index contributed by atoms with van der Waals surface area (Å²) in [6, 6.07) is 81.9. The van der Waals surface area contributed by atoms with Gasteiger partial charge in [-0.2, -0.15) is 0 Å². The minimum atomic E-state index is -0.506. The van der Waals surface area contributed by atoms with E-state index in [2.05, 4.69) is 66.5 Å². The minimum absolute atomic E-state index is 0.00673. The van der Waals surface area contributed by atoms with Gasteiger partial charge in [-0.25, -0.2) is 33.6 Å². The van der Waals surface area contributed by atoms with Crippen molar-refractivity contribution >= 4 is 41.8 Å². The predicted molar refractivity (Wildman–Crippen MR) is 571 cm³/mol. The maximum absolute atomic E-state index is 12.9. The Morgan fingerprint density at radius 3 is 0.669 bits per heavy atom. The molecular weight excluding hydrogens is 1870 g/mol. The molecule has 0 saturated heterocycles. The highest BCUT2D eigenvalue weighted by atomic mass is 16.6. The second-order valence-corrected chi connectivity index (χ2v) is 33.3. The average Bonchev–Trinajstić information content (AvgIpc) is 1.61. The quantitative estimate of drug-likeness (QED) is 0.0148. The monoisotopic (exact) mass is 1990 g/mol. The van der Waals surface area contributed by atoms with E-state index in [9.17, 15) is 33.6 Å². The molecule has 148 heavy (non-hydrogen) atoms. The first-order valence-electron chi connectivity index (χ1n) is 48.2. The number of aryl methyl sites for hydroxylation is 1. The first kappa shape index (κ1) is 109. The molecule has 15 rings (SSSR count). The molecule has 0 saturated carbocycles. The number of rotatable bonds is 50. The van der Waals surface area contributed by atoms with Gasteiger partial charge in [0.05, 0.1) is 78.6 Å². The van der Waals surface area contributed by atoms with Crippen molar-refractivity contribution in [3.8, 4) is 108 Å². The van der Waals surface area contributed by atoms with Crippen molar-refractivity contribution in [3.63, 3.8) is 0 Å². The second-order valence-electron chi connectivity index (χ2n) is 33.3. The molecule has 24 nitrogen and oxygen atoms in total. The van der Waals surface area contributed by atoms with Crippen LogP contribution in [-0.2, 0) is 9.47 Å². The van der Waals surface area contributed by atoms with Crippen LogP contribution in [0.2, 0.25) is 0 Å². The van der Waals surface area contributed by atoms with Crippen LogP contribution in [0.4, 0.5) is 0 Å². The third-order valence-corrected chi connectivity index (χ3v) is 22.6. The van der Waals surface area contributed by atoms with Gasteiger partial charge in [-0.15, -0.1) is 26.3 Å². The Kier molecular flexibility index (Phi) is 42.5. The number of fused-ring (bicyclic) bond motifs is 6. The summed E-state index contributed by atoms with van der Waals surface area (Å²) in [6.07, 6.45) is 18.7. The Morgan fingerprint density at radius 1 is 0.216 bits per heavy atom. The van der Waals surface area contributed by atoms with Gasteiger partial charge in [0.25, 0.3) is 0 Å². The summed E-state index contributed by atoms with van der Waals surface area (Å²) in [5, 5.41) is 0. The summed E-state index contributed by atoms with van der Waals surface area (Å²) in [5.41, 5.74) is 11.9. The van der Waals surface area contributed by atoms with Gasteiger partial charge in [0.1, 0.15) is 113 Å². The maximum Gasteiger partial charge on any atom is 0.343 e. The molecule has 13 aromatic rings. The molecule has 0 aromatic heterocycles. The third kappa shape index (κ3) is 33.0. The smallest absolute Gasteiger partial charge is 0.343 e. The van der Waals surface area contributed by atoms with E-state index in [1.165, 1.54) is 0 Å². The lowest BCUT2D eigenvalue weighted by molar-refractivity contribution is 0.0718. The number of unbranched alkanes of at least 4 members (excludes halogenated alkanes) is 2. The van der Waals surface area contributed by atoms with E-state index in [-0.39, 0.29) is 11.8 Å². The summed E-state index contributed by atoms with van der Waals surface area (Å²) in [5.74, 6) is 5.21. The molecule has 0 heterocycles. The fourth-order valence-electron chi connectivity index (χ4n) is 15.0. The van der Waals surface area contributed by atoms with Crippen molar-refractivity contribution in [1.29, 1.82) is 0 Å². The molecule has 0 radical (unpaired) electrons. The highest BCUT2D eigenvalue weighted by molar-refractivity contribution is 5.96. The van der Waals surface area contributed by atoms with E-state index >= 15 is 0 Å². The molecule has 0 bridgehead atoms. The Hall–Kier alpha value is -17.6. The molecule has 13 aromatic carbocycles. The number of hydrogen-bond donors (Lipinski definition) is 0. The molecule has 2 aliphatic carbocycles. The standard InChI is InChI=1S/C42H44O8.C34H28O6.C27H24O6.C21H22O4/c1-4-22-45-24-6-8-26-47-33-14-10-31(11-15-33)41(43)49-35-18-20-37-38-21-19-36(29-40(38)30(3)39(37)28-35)50-42(44)32-12-16-34(17-13-32)48-27-9-7-25-46-23-5-2;1-4-18-37-25-10-6-23(7-11-25)33(35)39-27-14-16-29-30-17-15-28(21-32(30)22(3)31(29)20-27)40-34(36)24-8-12-26(13-9-24)38-19-5-2;1-4-16-30-22-10-6-20(7-11-22)26(28)32-24-14-15-25(19(3)18-24)33-27(29)21-8-12-23(13-9-21)31-17-5-2;1-3-5-15-23-18-9-7-17(8-10-18)21(22)25-20-13-11-19(12-14-20)24-16-6-4-2/h4-5,10-21,28-30H,1-2,6-9,22-27H2,3H3;4-17,20-22H,1-2,18-19H2,3H3;4-15,18H,1-2,16-17H2,3H3;3-4,7-14H,1-2,5-6,15-16H2. The van der Waals surface area contributed by atoms with E-state index in [0.717, 1.165) is 88.8 Å². The van der Waals surface area contributed by atoms with Gasteiger partial charge in [0.15, 0.2) is 0 Å². The summed E-state index contributed by atoms with van der Waals surface area (Å²) in [6.45, 7) is 41.2. The number of carbonyl (C=O) groups excluding carboxylic acids is 7. The fraction of sp³-hybridized carbons (Fsp3) is 0.185. The Morgan fingerprint density at radius 2 is 0.419 bits per heavy atom. The van der Waals surface area contributed by atoms with Gasteiger partial charge >= 0.3 is 41.8 Å². The zero-order chi connectivity index (χ0) is 105. The number of benzene rings is 13. The normalized spacial score (nSPS) is 11.0. The number of carbonyl (C=O) groups is 7. The largest absolute Gasteiger partial charge is 0.494 e. The van der Waals surface area contributed by atoms with E-state index in [4.69, 9.17) is 80.5 Å². The first-order chi connectivity index (χ1) is 72.1. The zero-order valence-corrected chi connectivity index (χ0v) is 83.1. The predicted octanol–water partition coefficient (Wildman–Crippen LogP) is 26.7. The molecule has 0 aliphatic heterocycles. The zero-order valence-electron chi connectivity index (χ0n) is 83.1. The lowest BCUT2D eigenvalue weighted by atomic mass is 9.99. The molecular formula is C124H118O24. The van der Waals surface area contributed by atoms with Gasteiger partial charge < -0.3 is 80.5 Å². The molecule has 24 heteroatoms. The van der Waals surface area contributed by atoms with Crippen LogP contribution in [-0.4, -0.2) is 121 Å². The van der Waals surface area contributed by atoms with Gasteiger partial charge in [-0.05, 0) is 356 Å². The molecule has 758 valence electrons. The minimum Gasteiger partial charge on any atom is -0.494 e. The number of ether oxygens (including phenoxy) is 17. The summed E-state index contributed by atoms with van der Waals surface area (Å²) < 4.78 is 94.2. The van der Waals surface area contributed by atoms with Crippen molar-refractivity contribution in [2.75, 3.05) is 79.3 Å². The SMILES string of the molecule is C=CCCOc1ccc(OC(=O)c2ccc(OCCC=C)cc2)cc1.C=CCOCCCCOc1ccc(C(=O)Oc2ccc3c(c2)C(C)c2cc(OC(=O)c4ccc(OCCCCOCC=C)cc4)ccc2-3)cc1.C=CCOc1ccc(C(=O)Oc2ccc(OC(=O)c3ccc(OCC=C)cc3)c(C)c2)cc1.C=CCOc1ccc(C(=O)Oc2ccc3c(c2)C(C)c2cc(OC(=O)c4ccc(OCC=C)cc4)ccc2-3)cc1. The Balaban J connectivity index is 0.000000180.